The topological polar surface area (TPSA) is 84.2 Å². The van der Waals surface area contributed by atoms with Crippen LogP contribution in [0.2, 0.25) is 0 Å². The molecule has 1 aliphatic rings. The van der Waals surface area contributed by atoms with Crippen LogP contribution in [0.5, 0.6) is 0 Å². The summed E-state index contributed by atoms with van der Waals surface area (Å²) in [5.41, 5.74) is 1.79. The number of nitrogens with zero attached hydrogens (tertiary/aromatic N) is 2. The molecule has 1 aromatic heterocycles. The normalized spacial score (nSPS) is 14.3. The van der Waals surface area contributed by atoms with Gasteiger partial charge in [-0.1, -0.05) is 0 Å². The molecule has 1 aromatic carbocycles. The van der Waals surface area contributed by atoms with Crippen LogP contribution in [0.4, 0.5) is 0 Å². The van der Waals surface area contributed by atoms with Crippen LogP contribution in [0.15, 0.2) is 24.5 Å². The number of carboxylic acid groups (broad SMARTS) is 1. The fraction of sp³-hybridized carbons (Fsp3) is 0.400. The van der Waals surface area contributed by atoms with Gasteiger partial charge in [-0.3, -0.25) is 4.79 Å². The van der Waals surface area contributed by atoms with E-state index in [1.807, 2.05) is 4.57 Å². The Morgan fingerprint density at radius 2 is 2.19 bits per heavy atom. The first-order valence-electron chi connectivity index (χ1n) is 7.11. The van der Waals surface area contributed by atoms with Gasteiger partial charge in [0.05, 0.1) is 22.9 Å². The number of carbonyl (C=O) groups excluding carboxylic acids is 1. The highest BCUT2D eigenvalue weighted by Crippen LogP contribution is 2.19. The summed E-state index contributed by atoms with van der Waals surface area (Å²) in [6, 6.07) is 5.30. The number of hydrogen-bond acceptors (Lipinski definition) is 3. The summed E-state index contributed by atoms with van der Waals surface area (Å²) in [6.07, 6.45) is 5.14. The minimum Gasteiger partial charge on any atom is -0.478 e. The molecule has 21 heavy (non-hydrogen) atoms. The minimum atomic E-state index is -0.955. The zero-order valence-electron chi connectivity index (χ0n) is 11.6. The maximum absolute atomic E-state index is 11.6. The third-order valence-electron chi connectivity index (χ3n) is 3.61. The molecule has 1 fully saturated rings. The lowest BCUT2D eigenvalue weighted by Crippen LogP contribution is -2.25. The predicted octanol–water partition coefficient (Wildman–Crippen LogP) is 1.79. The van der Waals surface area contributed by atoms with Crippen molar-refractivity contribution < 1.29 is 14.7 Å². The maximum Gasteiger partial charge on any atom is 0.335 e. The quantitative estimate of drug-likeness (QED) is 0.848. The van der Waals surface area contributed by atoms with Gasteiger partial charge in [-0.25, -0.2) is 9.78 Å². The summed E-state index contributed by atoms with van der Waals surface area (Å²) in [7, 11) is 0. The van der Waals surface area contributed by atoms with E-state index in [-0.39, 0.29) is 11.5 Å². The number of fused-ring (bicyclic) bond motifs is 1. The van der Waals surface area contributed by atoms with E-state index in [4.69, 9.17) is 5.11 Å². The van der Waals surface area contributed by atoms with E-state index in [1.165, 1.54) is 0 Å². The number of aryl methyl sites for hydroxylation is 1. The Kier molecular flexibility index (Phi) is 3.60. The number of carbonyl (C=O) groups is 2. The second-order valence-electron chi connectivity index (χ2n) is 5.39. The van der Waals surface area contributed by atoms with Crippen molar-refractivity contribution in [3.05, 3.63) is 30.1 Å². The molecule has 1 saturated carbocycles. The van der Waals surface area contributed by atoms with Gasteiger partial charge in [-0.15, -0.1) is 0 Å². The Morgan fingerprint density at radius 1 is 1.38 bits per heavy atom. The number of nitrogens with one attached hydrogen (secondary N) is 1. The molecule has 0 spiro atoms. The van der Waals surface area contributed by atoms with Gasteiger partial charge in [0.25, 0.3) is 0 Å². The average Bonchev–Trinajstić information content (AvgIpc) is 3.17. The van der Waals surface area contributed by atoms with E-state index in [9.17, 15) is 9.59 Å². The molecule has 3 rings (SSSR count). The van der Waals surface area contributed by atoms with E-state index in [0.29, 0.717) is 24.5 Å². The number of rotatable bonds is 6. The van der Waals surface area contributed by atoms with Crippen LogP contribution < -0.4 is 5.32 Å². The molecule has 2 aromatic rings. The number of amides is 1. The lowest BCUT2D eigenvalue weighted by molar-refractivity contribution is -0.121. The van der Waals surface area contributed by atoms with Crippen molar-refractivity contribution in [2.24, 2.45) is 0 Å². The fourth-order valence-electron chi connectivity index (χ4n) is 2.31. The van der Waals surface area contributed by atoms with Crippen molar-refractivity contribution in [2.45, 2.75) is 38.3 Å². The van der Waals surface area contributed by atoms with Gasteiger partial charge in [0.1, 0.15) is 0 Å². The molecular formula is C15H17N3O3. The van der Waals surface area contributed by atoms with Crippen molar-refractivity contribution in [1.82, 2.24) is 14.9 Å². The predicted molar refractivity (Wildman–Crippen MR) is 77.1 cm³/mol. The summed E-state index contributed by atoms with van der Waals surface area (Å²) in [6.45, 7) is 0.695. The molecule has 1 amide bonds. The Bertz CT molecular complexity index is 689. The van der Waals surface area contributed by atoms with Gasteiger partial charge in [-0.05, 0) is 37.5 Å². The van der Waals surface area contributed by atoms with Gasteiger partial charge in [0.15, 0.2) is 0 Å². The molecule has 6 nitrogen and oxygen atoms in total. The maximum atomic E-state index is 11.6. The molecule has 0 radical (unpaired) electrons. The summed E-state index contributed by atoms with van der Waals surface area (Å²) < 4.78 is 1.95. The van der Waals surface area contributed by atoms with Gasteiger partial charge >= 0.3 is 5.97 Å². The number of benzene rings is 1. The number of imidazole rings is 1. The Morgan fingerprint density at radius 3 is 2.90 bits per heavy atom. The Labute approximate surface area is 121 Å². The summed E-state index contributed by atoms with van der Waals surface area (Å²) in [5.74, 6) is -0.849. The van der Waals surface area contributed by atoms with Crippen LogP contribution in [-0.2, 0) is 11.3 Å². The van der Waals surface area contributed by atoms with E-state index >= 15 is 0 Å². The molecule has 0 atom stereocenters. The number of carboxylic acids is 1. The minimum absolute atomic E-state index is 0.107. The van der Waals surface area contributed by atoms with Crippen LogP contribution in [0.3, 0.4) is 0 Å². The SMILES string of the molecule is O=C(CCCn1cnc2cc(C(=O)O)ccc21)NC1CC1. The first-order valence-corrected chi connectivity index (χ1v) is 7.11. The summed E-state index contributed by atoms with van der Waals surface area (Å²) >= 11 is 0. The van der Waals surface area contributed by atoms with E-state index < -0.39 is 5.97 Å². The molecule has 0 aliphatic heterocycles. The smallest absolute Gasteiger partial charge is 0.335 e. The lowest BCUT2D eigenvalue weighted by atomic mass is 10.2. The molecule has 0 bridgehead atoms. The van der Waals surface area contributed by atoms with Crippen LogP contribution >= 0.6 is 0 Å². The highest BCUT2D eigenvalue weighted by atomic mass is 16.4. The van der Waals surface area contributed by atoms with E-state index in [1.54, 1.807) is 24.5 Å². The zero-order chi connectivity index (χ0) is 14.8. The van der Waals surface area contributed by atoms with E-state index in [0.717, 1.165) is 24.8 Å². The second-order valence-corrected chi connectivity index (χ2v) is 5.39. The molecule has 6 heteroatoms. The van der Waals surface area contributed by atoms with Crippen molar-refractivity contribution in [2.75, 3.05) is 0 Å². The van der Waals surface area contributed by atoms with Crippen LogP contribution in [0.25, 0.3) is 11.0 Å². The molecular weight excluding hydrogens is 270 g/mol. The largest absolute Gasteiger partial charge is 0.478 e. The number of hydrogen-bond donors (Lipinski definition) is 2. The Hall–Kier alpha value is -2.37. The first kappa shape index (κ1) is 13.6. The van der Waals surface area contributed by atoms with Gasteiger partial charge < -0.3 is 15.0 Å². The van der Waals surface area contributed by atoms with Gasteiger partial charge in [0, 0.05) is 19.0 Å². The van der Waals surface area contributed by atoms with Crippen molar-refractivity contribution in [3.63, 3.8) is 0 Å². The lowest BCUT2D eigenvalue weighted by Gasteiger charge is -2.05. The molecule has 110 valence electrons. The standard InChI is InChI=1S/C15H17N3O3/c19-14(17-11-4-5-11)2-1-7-18-9-16-12-8-10(15(20)21)3-6-13(12)18/h3,6,8-9,11H,1-2,4-5,7H2,(H,17,19)(H,20,21). The van der Waals surface area contributed by atoms with Crippen molar-refractivity contribution in [1.29, 1.82) is 0 Å². The molecule has 1 aliphatic carbocycles. The summed E-state index contributed by atoms with van der Waals surface area (Å²) in [5, 5.41) is 11.9. The van der Waals surface area contributed by atoms with Crippen LogP contribution in [0, 0.1) is 0 Å². The van der Waals surface area contributed by atoms with Gasteiger partial charge in [-0.2, -0.15) is 0 Å². The average molecular weight is 287 g/mol. The highest BCUT2D eigenvalue weighted by Gasteiger charge is 2.22. The van der Waals surface area contributed by atoms with Gasteiger partial charge in [0.2, 0.25) is 5.91 Å². The summed E-state index contributed by atoms with van der Waals surface area (Å²) in [4.78, 5) is 26.7. The second kappa shape index (κ2) is 5.55. The molecule has 2 N–H and O–H groups in total. The van der Waals surface area contributed by atoms with Crippen molar-refractivity contribution in [3.8, 4) is 0 Å². The highest BCUT2D eigenvalue weighted by molar-refractivity contribution is 5.92. The van der Waals surface area contributed by atoms with Crippen molar-refractivity contribution >= 4 is 22.9 Å². The monoisotopic (exact) mass is 287 g/mol. The third kappa shape index (κ3) is 3.21. The zero-order valence-corrected chi connectivity index (χ0v) is 11.6. The molecule has 1 heterocycles. The van der Waals surface area contributed by atoms with E-state index in [2.05, 4.69) is 10.3 Å². The Balaban J connectivity index is 1.61. The van der Waals surface area contributed by atoms with Crippen LogP contribution in [0.1, 0.15) is 36.0 Å². The molecule has 0 unspecified atom stereocenters. The van der Waals surface area contributed by atoms with Crippen LogP contribution in [-0.4, -0.2) is 32.6 Å². The fourth-order valence-corrected chi connectivity index (χ4v) is 2.31. The third-order valence-corrected chi connectivity index (χ3v) is 3.61. The molecule has 0 saturated heterocycles. The number of aromatic carboxylic acids is 1. The first-order chi connectivity index (χ1) is 10.1. The number of aromatic nitrogens is 2.